The molecule has 1 aromatic carbocycles. The van der Waals surface area contributed by atoms with E-state index in [4.69, 9.17) is 9.47 Å². The van der Waals surface area contributed by atoms with Crippen LogP contribution >= 0.6 is 0 Å². The smallest absolute Gasteiger partial charge is 0.337 e. The molecule has 8 heteroatoms. The zero-order chi connectivity index (χ0) is 20.0. The van der Waals surface area contributed by atoms with Gasteiger partial charge in [-0.25, -0.2) is 9.59 Å². The van der Waals surface area contributed by atoms with Crippen molar-refractivity contribution in [3.05, 3.63) is 67.5 Å². The summed E-state index contributed by atoms with van der Waals surface area (Å²) in [4.78, 5) is 38.3. The largest absolute Gasteiger partial charge is 0.497 e. The normalized spacial score (nSPS) is 17.7. The van der Waals surface area contributed by atoms with Crippen LogP contribution in [0.1, 0.15) is 30.4 Å². The maximum absolute atomic E-state index is 13.1. The molecule has 146 valence electrons. The first-order valence-electron chi connectivity index (χ1n) is 9.12. The van der Waals surface area contributed by atoms with Crippen molar-refractivity contribution in [2.75, 3.05) is 19.0 Å². The summed E-state index contributed by atoms with van der Waals surface area (Å²) in [7, 11) is 3.03. The van der Waals surface area contributed by atoms with Crippen LogP contribution in [0.5, 0.6) is 5.75 Å². The molecular weight excluding hydrogens is 362 g/mol. The number of anilines is 1. The predicted octanol–water partition coefficient (Wildman–Crippen LogP) is 1.33. The number of nitrogens with zero attached hydrogens (tertiary/aromatic N) is 2. The van der Waals surface area contributed by atoms with E-state index in [0.29, 0.717) is 34.9 Å². The third kappa shape index (κ3) is 2.56. The second-order valence-corrected chi connectivity index (χ2v) is 6.86. The van der Waals surface area contributed by atoms with Crippen LogP contribution in [0.25, 0.3) is 0 Å². The first kappa shape index (κ1) is 18.1. The molecule has 0 unspecified atom stereocenters. The summed E-state index contributed by atoms with van der Waals surface area (Å²) in [6.07, 6.45) is 0.723. The van der Waals surface area contributed by atoms with Crippen LogP contribution in [0.4, 0.5) is 5.82 Å². The molecule has 28 heavy (non-hydrogen) atoms. The molecule has 2 aliphatic heterocycles. The number of rotatable bonds is 4. The van der Waals surface area contributed by atoms with Gasteiger partial charge in [0.2, 0.25) is 0 Å². The van der Waals surface area contributed by atoms with Gasteiger partial charge < -0.3 is 14.8 Å². The van der Waals surface area contributed by atoms with Gasteiger partial charge >= 0.3 is 11.7 Å². The van der Waals surface area contributed by atoms with Crippen molar-refractivity contribution in [3.63, 3.8) is 0 Å². The molecule has 2 aromatic rings. The Kier molecular flexibility index (Phi) is 4.33. The molecule has 1 N–H and O–H groups in total. The van der Waals surface area contributed by atoms with E-state index >= 15 is 0 Å². The number of esters is 1. The molecule has 3 heterocycles. The first-order chi connectivity index (χ1) is 13.5. The number of hydrogen-bond acceptors (Lipinski definition) is 6. The van der Waals surface area contributed by atoms with Gasteiger partial charge in [0.1, 0.15) is 18.2 Å². The fraction of sp³-hybridized carbons (Fsp3) is 0.350. The third-order valence-electron chi connectivity index (χ3n) is 5.21. The van der Waals surface area contributed by atoms with Crippen LogP contribution in [-0.4, -0.2) is 28.8 Å². The number of aromatic nitrogens is 2. The Labute approximate surface area is 161 Å². The molecule has 0 amide bonds. The van der Waals surface area contributed by atoms with Crippen molar-refractivity contribution in [2.24, 2.45) is 7.05 Å². The lowest BCUT2D eigenvalue weighted by atomic mass is 9.82. The minimum absolute atomic E-state index is 0.0930. The Morgan fingerprint density at radius 1 is 1.21 bits per heavy atom. The lowest BCUT2D eigenvalue weighted by Crippen LogP contribution is -2.44. The number of hydrogen-bond donors (Lipinski definition) is 1. The predicted molar refractivity (Wildman–Crippen MR) is 103 cm³/mol. The topological polar surface area (TPSA) is 91.6 Å². The van der Waals surface area contributed by atoms with Gasteiger partial charge in [0.25, 0.3) is 5.56 Å². The van der Waals surface area contributed by atoms with Gasteiger partial charge in [0, 0.05) is 13.6 Å². The highest BCUT2D eigenvalue weighted by molar-refractivity contribution is 5.96. The third-order valence-corrected chi connectivity index (χ3v) is 5.21. The summed E-state index contributed by atoms with van der Waals surface area (Å²) in [5, 5.41) is 3.13. The van der Waals surface area contributed by atoms with E-state index < -0.39 is 17.4 Å². The van der Waals surface area contributed by atoms with Crippen molar-refractivity contribution in [3.8, 4) is 5.75 Å². The Morgan fingerprint density at radius 3 is 2.57 bits per heavy atom. The number of nitrogens with one attached hydrogen (secondary N) is 1. The quantitative estimate of drug-likeness (QED) is 0.801. The second kappa shape index (κ2) is 6.70. The van der Waals surface area contributed by atoms with Crippen molar-refractivity contribution >= 4 is 11.8 Å². The molecule has 4 rings (SSSR count). The van der Waals surface area contributed by atoms with Crippen molar-refractivity contribution < 1.29 is 14.3 Å². The molecule has 1 atom stereocenters. The Morgan fingerprint density at radius 2 is 1.93 bits per heavy atom. The standard InChI is InChI=1S/C20H21N3O5/c1-4-9-23-17-16(18(24)22(2)20(23)26)14(11-5-7-12(27-3)8-6-11)15-13(21-17)10-28-19(15)25/h5-8,14,21H,4,9-10H2,1-3H3/t14-/m1/s1. The molecule has 0 spiro atoms. The van der Waals surface area contributed by atoms with Gasteiger partial charge in [-0.2, -0.15) is 0 Å². The van der Waals surface area contributed by atoms with Gasteiger partial charge in [0.05, 0.1) is 29.9 Å². The second-order valence-electron chi connectivity index (χ2n) is 6.86. The van der Waals surface area contributed by atoms with E-state index in [1.54, 1.807) is 23.8 Å². The van der Waals surface area contributed by atoms with E-state index in [1.807, 2.05) is 19.1 Å². The van der Waals surface area contributed by atoms with Crippen LogP contribution in [0, 0.1) is 0 Å². The molecule has 8 nitrogen and oxygen atoms in total. The molecule has 0 radical (unpaired) electrons. The number of ether oxygens (including phenoxy) is 2. The number of cyclic esters (lactones) is 1. The van der Waals surface area contributed by atoms with E-state index in [2.05, 4.69) is 5.32 Å². The summed E-state index contributed by atoms with van der Waals surface area (Å²) < 4.78 is 13.1. The molecule has 0 bridgehead atoms. The first-order valence-corrected chi connectivity index (χ1v) is 9.12. The monoisotopic (exact) mass is 383 g/mol. The highest BCUT2D eigenvalue weighted by Gasteiger charge is 2.41. The van der Waals surface area contributed by atoms with Gasteiger partial charge in [-0.1, -0.05) is 19.1 Å². The molecule has 2 aliphatic rings. The highest BCUT2D eigenvalue weighted by Crippen LogP contribution is 2.42. The minimum atomic E-state index is -0.616. The van der Waals surface area contributed by atoms with E-state index in [0.717, 1.165) is 16.6 Å². The number of fused-ring (bicyclic) bond motifs is 1. The fourth-order valence-electron chi connectivity index (χ4n) is 3.85. The fourth-order valence-corrected chi connectivity index (χ4v) is 3.85. The van der Waals surface area contributed by atoms with Crippen molar-refractivity contribution in [1.82, 2.24) is 9.13 Å². The van der Waals surface area contributed by atoms with Crippen molar-refractivity contribution in [2.45, 2.75) is 25.8 Å². The van der Waals surface area contributed by atoms with Gasteiger partial charge in [-0.15, -0.1) is 0 Å². The molecular formula is C20H21N3O5. The summed E-state index contributed by atoms with van der Waals surface area (Å²) in [5.74, 6) is 0.0385. The Balaban J connectivity index is 2.03. The van der Waals surface area contributed by atoms with Crippen LogP contribution in [-0.2, 0) is 23.1 Å². The highest BCUT2D eigenvalue weighted by atomic mass is 16.5. The molecule has 0 fully saturated rings. The number of carbonyl (C=O) groups excluding carboxylic acids is 1. The van der Waals surface area contributed by atoms with Crippen LogP contribution < -0.4 is 21.3 Å². The van der Waals surface area contributed by atoms with E-state index in [9.17, 15) is 14.4 Å². The summed E-state index contributed by atoms with van der Waals surface area (Å²) in [5.41, 5.74) is 1.33. The number of benzene rings is 1. The SMILES string of the molecule is CCCn1c2c(c(=O)n(C)c1=O)[C@H](c1ccc(OC)cc1)C1=C(COC1=O)N2. The maximum Gasteiger partial charge on any atom is 0.337 e. The lowest BCUT2D eigenvalue weighted by Gasteiger charge is -2.29. The van der Waals surface area contributed by atoms with E-state index in [-0.39, 0.29) is 12.3 Å². The zero-order valence-corrected chi connectivity index (χ0v) is 15.9. The maximum atomic E-state index is 13.1. The molecule has 0 saturated carbocycles. The van der Waals surface area contributed by atoms with Crippen LogP contribution in [0.15, 0.2) is 45.1 Å². The zero-order valence-electron chi connectivity index (χ0n) is 15.9. The molecule has 1 aromatic heterocycles. The van der Waals surface area contributed by atoms with Crippen LogP contribution in [0.2, 0.25) is 0 Å². The van der Waals surface area contributed by atoms with Gasteiger partial charge in [-0.05, 0) is 24.1 Å². The summed E-state index contributed by atoms with van der Waals surface area (Å²) >= 11 is 0. The Bertz CT molecular complexity index is 1110. The van der Waals surface area contributed by atoms with E-state index in [1.165, 1.54) is 7.05 Å². The lowest BCUT2D eigenvalue weighted by molar-refractivity contribution is -0.136. The average molecular weight is 383 g/mol. The molecule has 0 aliphatic carbocycles. The Hall–Kier alpha value is -3.29. The van der Waals surface area contributed by atoms with Gasteiger partial charge in [-0.3, -0.25) is 13.9 Å². The van der Waals surface area contributed by atoms with Crippen LogP contribution in [0.3, 0.4) is 0 Å². The van der Waals surface area contributed by atoms with Crippen molar-refractivity contribution in [1.29, 1.82) is 0 Å². The average Bonchev–Trinajstić information content (AvgIpc) is 3.09. The van der Waals surface area contributed by atoms with Gasteiger partial charge in [0.15, 0.2) is 0 Å². The number of methoxy groups -OCH3 is 1. The minimum Gasteiger partial charge on any atom is -0.497 e. The summed E-state index contributed by atoms with van der Waals surface area (Å²) in [6.45, 7) is 2.51. The number of carbonyl (C=O) groups is 1. The molecule has 0 saturated heterocycles. The summed E-state index contributed by atoms with van der Waals surface area (Å²) in [6, 6.07) is 7.21.